The summed E-state index contributed by atoms with van der Waals surface area (Å²) in [6.07, 6.45) is 2.59. The van der Waals surface area contributed by atoms with Crippen LogP contribution in [-0.4, -0.2) is 37.8 Å². The molecular weight excluding hydrogens is 158 g/mol. The van der Waals surface area contributed by atoms with Crippen molar-refractivity contribution in [2.45, 2.75) is 25.4 Å². The van der Waals surface area contributed by atoms with Gasteiger partial charge in [0, 0.05) is 13.7 Å². The molecule has 1 atom stereocenters. The Bertz CT molecular complexity index is 154. The minimum atomic E-state index is -0.0237. The molecule has 1 aliphatic heterocycles. The van der Waals surface area contributed by atoms with Gasteiger partial charge in [0.15, 0.2) is 0 Å². The lowest BCUT2D eigenvalue weighted by molar-refractivity contribution is -0.170. The third kappa shape index (κ3) is 2.46. The summed E-state index contributed by atoms with van der Waals surface area (Å²) < 4.78 is 5.32. The van der Waals surface area contributed by atoms with E-state index >= 15 is 0 Å². The van der Waals surface area contributed by atoms with Gasteiger partial charge in [0.2, 0.25) is 5.91 Å². The van der Waals surface area contributed by atoms with Gasteiger partial charge in [0.1, 0.15) is 0 Å². The molecule has 1 amide bonds. The van der Waals surface area contributed by atoms with E-state index in [9.17, 15) is 4.79 Å². The van der Waals surface area contributed by atoms with Gasteiger partial charge in [-0.3, -0.25) is 9.63 Å². The Morgan fingerprint density at radius 2 is 2.50 bits per heavy atom. The van der Waals surface area contributed by atoms with Crippen molar-refractivity contribution in [3.8, 4) is 0 Å². The van der Waals surface area contributed by atoms with Crippen molar-refractivity contribution >= 4 is 5.91 Å². The lowest BCUT2D eigenvalue weighted by Gasteiger charge is -2.15. The molecule has 1 aliphatic rings. The molecule has 0 radical (unpaired) electrons. The number of amides is 1. The minimum Gasteiger partial charge on any atom is -0.378 e. The number of carbonyl (C=O) groups excluding carboxylic acids is 1. The van der Waals surface area contributed by atoms with Gasteiger partial charge in [-0.25, -0.2) is 5.06 Å². The first kappa shape index (κ1) is 9.48. The monoisotopic (exact) mass is 173 g/mol. The van der Waals surface area contributed by atoms with Gasteiger partial charge in [-0.2, -0.15) is 0 Å². The van der Waals surface area contributed by atoms with Crippen LogP contribution < -0.4 is 0 Å². The van der Waals surface area contributed by atoms with Crippen LogP contribution in [0, 0.1) is 0 Å². The van der Waals surface area contributed by atoms with Gasteiger partial charge in [-0.1, -0.05) is 0 Å². The highest BCUT2D eigenvalue weighted by Gasteiger charge is 2.20. The van der Waals surface area contributed by atoms with E-state index in [4.69, 9.17) is 9.57 Å². The SMILES string of the molecule is CON(C)C(=O)C[C@H]1CCCO1. The van der Waals surface area contributed by atoms with Crippen LogP contribution in [0.3, 0.4) is 0 Å². The molecule has 0 aromatic heterocycles. The van der Waals surface area contributed by atoms with Crippen molar-refractivity contribution in [1.29, 1.82) is 0 Å². The van der Waals surface area contributed by atoms with E-state index in [0.29, 0.717) is 6.42 Å². The molecule has 1 rings (SSSR count). The van der Waals surface area contributed by atoms with Crippen LogP contribution in [0.5, 0.6) is 0 Å². The second-order valence-corrected chi connectivity index (χ2v) is 2.91. The molecule has 0 aliphatic carbocycles. The second-order valence-electron chi connectivity index (χ2n) is 2.91. The van der Waals surface area contributed by atoms with E-state index in [0.717, 1.165) is 19.4 Å². The molecule has 12 heavy (non-hydrogen) atoms. The summed E-state index contributed by atoms with van der Waals surface area (Å²) in [4.78, 5) is 16.0. The van der Waals surface area contributed by atoms with Gasteiger partial charge in [0.05, 0.1) is 19.6 Å². The Morgan fingerprint density at radius 3 is 3.00 bits per heavy atom. The predicted octanol–water partition coefficient (Wildman–Crippen LogP) is 0.575. The lowest BCUT2D eigenvalue weighted by atomic mass is 10.2. The van der Waals surface area contributed by atoms with Crippen LogP contribution in [0.1, 0.15) is 19.3 Å². The van der Waals surface area contributed by atoms with Crippen molar-refractivity contribution in [2.75, 3.05) is 20.8 Å². The van der Waals surface area contributed by atoms with Gasteiger partial charge < -0.3 is 4.74 Å². The largest absolute Gasteiger partial charge is 0.378 e. The molecule has 4 heteroatoms. The smallest absolute Gasteiger partial charge is 0.248 e. The maximum Gasteiger partial charge on any atom is 0.248 e. The Labute approximate surface area is 72.4 Å². The van der Waals surface area contributed by atoms with Crippen LogP contribution in [0.4, 0.5) is 0 Å². The minimum absolute atomic E-state index is 0.0237. The fraction of sp³-hybridized carbons (Fsp3) is 0.875. The molecule has 0 N–H and O–H groups in total. The highest BCUT2D eigenvalue weighted by Crippen LogP contribution is 2.15. The quantitative estimate of drug-likeness (QED) is 0.586. The van der Waals surface area contributed by atoms with Gasteiger partial charge in [-0.05, 0) is 12.8 Å². The molecular formula is C8H15NO3. The molecule has 0 unspecified atom stereocenters. The first-order valence-corrected chi connectivity index (χ1v) is 4.16. The molecule has 1 fully saturated rings. The Balaban J connectivity index is 2.25. The number of hydrogen-bond acceptors (Lipinski definition) is 3. The Morgan fingerprint density at radius 1 is 1.75 bits per heavy atom. The van der Waals surface area contributed by atoms with Crippen LogP contribution in [0.2, 0.25) is 0 Å². The lowest BCUT2D eigenvalue weighted by Crippen LogP contribution is -2.28. The average molecular weight is 173 g/mol. The van der Waals surface area contributed by atoms with Crippen LogP contribution in [-0.2, 0) is 14.4 Å². The summed E-state index contributed by atoms with van der Waals surface area (Å²) in [6, 6.07) is 0. The highest BCUT2D eigenvalue weighted by molar-refractivity contribution is 5.75. The van der Waals surface area contributed by atoms with Gasteiger partial charge in [-0.15, -0.1) is 0 Å². The number of hydrogen-bond donors (Lipinski definition) is 0. The number of nitrogens with zero attached hydrogens (tertiary/aromatic N) is 1. The summed E-state index contributed by atoms with van der Waals surface area (Å²) >= 11 is 0. The molecule has 1 heterocycles. The van der Waals surface area contributed by atoms with Crippen molar-refractivity contribution in [3.63, 3.8) is 0 Å². The number of hydroxylamine groups is 2. The topological polar surface area (TPSA) is 38.8 Å². The zero-order chi connectivity index (χ0) is 8.97. The molecule has 70 valence electrons. The molecule has 1 saturated heterocycles. The normalized spacial score (nSPS) is 22.7. The fourth-order valence-electron chi connectivity index (χ4n) is 1.23. The molecule has 4 nitrogen and oxygen atoms in total. The zero-order valence-electron chi connectivity index (χ0n) is 7.58. The third-order valence-electron chi connectivity index (χ3n) is 2.05. The average Bonchev–Trinajstić information content (AvgIpc) is 2.55. The maximum absolute atomic E-state index is 11.3. The fourth-order valence-corrected chi connectivity index (χ4v) is 1.23. The molecule has 0 saturated carbocycles. The Hall–Kier alpha value is -0.610. The van der Waals surface area contributed by atoms with Crippen molar-refractivity contribution in [2.24, 2.45) is 0 Å². The second kappa shape index (κ2) is 4.42. The summed E-state index contributed by atoms with van der Waals surface area (Å²) in [5.74, 6) is -0.0237. The van der Waals surface area contributed by atoms with Crippen LogP contribution >= 0.6 is 0 Å². The summed E-state index contributed by atoms with van der Waals surface area (Å²) in [5.41, 5.74) is 0. The Kier molecular flexibility index (Phi) is 3.49. The summed E-state index contributed by atoms with van der Waals surface area (Å²) in [5, 5.41) is 1.24. The van der Waals surface area contributed by atoms with E-state index in [1.807, 2.05) is 0 Å². The first-order valence-electron chi connectivity index (χ1n) is 4.16. The van der Waals surface area contributed by atoms with Crippen LogP contribution in [0.15, 0.2) is 0 Å². The van der Waals surface area contributed by atoms with E-state index in [1.54, 1.807) is 7.05 Å². The molecule has 0 bridgehead atoms. The van der Waals surface area contributed by atoms with E-state index in [1.165, 1.54) is 12.2 Å². The number of ether oxygens (including phenoxy) is 1. The standard InChI is InChI=1S/C8H15NO3/c1-9(11-2)8(10)6-7-4-3-5-12-7/h7H,3-6H2,1-2H3/t7-/m1/s1. The van der Waals surface area contributed by atoms with Crippen molar-refractivity contribution in [1.82, 2.24) is 5.06 Å². The van der Waals surface area contributed by atoms with Crippen molar-refractivity contribution < 1.29 is 14.4 Å². The van der Waals surface area contributed by atoms with E-state index < -0.39 is 0 Å². The van der Waals surface area contributed by atoms with Crippen LogP contribution in [0.25, 0.3) is 0 Å². The maximum atomic E-state index is 11.3. The number of carbonyl (C=O) groups is 1. The van der Waals surface area contributed by atoms with E-state index in [2.05, 4.69) is 0 Å². The van der Waals surface area contributed by atoms with Gasteiger partial charge >= 0.3 is 0 Å². The summed E-state index contributed by atoms with van der Waals surface area (Å²) in [6.45, 7) is 0.786. The van der Waals surface area contributed by atoms with Crippen molar-refractivity contribution in [3.05, 3.63) is 0 Å². The molecule has 0 aromatic rings. The summed E-state index contributed by atoms with van der Waals surface area (Å²) in [7, 11) is 3.09. The zero-order valence-corrected chi connectivity index (χ0v) is 7.58. The first-order chi connectivity index (χ1) is 5.74. The molecule has 0 aromatic carbocycles. The third-order valence-corrected chi connectivity index (χ3v) is 2.05. The predicted molar refractivity (Wildman–Crippen MR) is 43.4 cm³/mol. The number of rotatable bonds is 3. The van der Waals surface area contributed by atoms with Gasteiger partial charge in [0.25, 0.3) is 0 Å². The molecule has 0 spiro atoms. The highest BCUT2D eigenvalue weighted by atomic mass is 16.7. The van der Waals surface area contributed by atoms with E-state index in [-0.39, 0.29) is 12.0 Å².